The number of aryl methyl sites for hydroxylation is 1. The first-order chi connectivity index (χ1) is 13.5. The zero-order valence-corrected chi connectivity index (χ0v) is 15.0. The number of carbonyl (C=O) groups is 1. The molecule has 1 aromatic heterocycles. The highest BCUT2D eigenvalue weighted by atomic mass is 19.1. The SMILES string of the molecule is Cc1cccc2c(=O)c(-c3ccccc3)c(NC(=O)c3ccc(F)cc3)oc12. The average Bonchev–Trinajstić information content (AvgIpc) is 2.70. The molecule has 4 rings (SSSR count). The molecule has 0 radical (unpaired) electrons. The number of nitrogens with one attached hydrogen (secondary N) is 1. The topological polar surface area (TPSA) is 59.3 Å². The van der Waals surface area contributed by atoms with E-state index < -0.39 is 11.7 Å². The van der Waals surface area contributed by atoms with Crippen LogP contribution in [0.15, 0.2) is 82.0 Å². The van der Waals surface area contributed by atoms with Crippen molar-refractivity contribution in [2.24, 2.45) is 0 Å². The zero-order chi connectivity index (χ0) is 19.7. The molecule has 0 saturated carbocycles. The standard InChI is InChI=1S/C23H16FNO3/c1-14-6-5-9-18-20(26)19(15-7-3-2-4-8-15)23(28-21(14)18)25-22(27)16-10-12-17(24)13-11-16/h2-13H,1H3,(H,25,27). The third-order valence-electron chi connectivity index (χ3n) is 4.51. The average molecular weight is 373 g/mol. The molecule has 3 aromatic carbocycles. The number of para-hydroxylation sites is 1. The van der Waals surface area contributed by atoms with E-state index in [1.807, 2.05) is 19.1 Å². The van der Waals surface area contributed by atoms with E-state index in [0.29, 0.717) is 16.5 Å². The van der Waals surface area contributed by atoms with Gasteiger partial charge in [-0.1, -0.05) is 42.5 Å². The van der Waals surface area contributed by atoms with Gasteiger partial charge in [-0.25, -0.2) is 4.39 Å². The first-order valence-corrected chi connectivity index (χ1v) is 8.73. The van der Waals surface area contributed by atoms with E-state index in [-0.39, 0.29) is 22.4 Å². The van der Waals surface area contributed by atoms with Crippen LogP contribution in [0.4, 0.5) is 10.3 Å². The Morgan fingerprint density at radius 3 is 2.36 bits per heavy atom. The lowest BCUT2D eigenvalue weighted by Crippen LogP contribution is -2.16. The van der Waals surface area contributed by atoms with E-state index in [4.69, 9.17) is 4.42 Å². The first kappa shape index (κ1) is 17.7. The molecule has 0 atom stereocenters. The van der Waals surface area contributed by atoms with Crippen LogP contribution in [0.1, 0.15) is 15.9 Å². The van der Waals surface area contributed by atoms with Crippen LogP contribution in [0.5, 0.6) is 0 Å². The summed E-state index contributed by atoms with van der Waals surface area (Å²) < 4.78 is 19.1. The van der Waals surface area contributed by atoms with Crippen LogP contribution in [0.3, 0.4) is 0 Å². The lowest BCUT2D eigenvalue weighted by Gasteiger charge is -2.12. The summed E-state index contributed by atoms with van der Waals surface area (Å²) in [6.45, 7) is 1.83. The molecule has 28 heavy (non-hydrogen) atoms. The van der Waals surface area contributed by atoms with Gasteiger partial charge in [-0.3, -0.25) is 14.9 Å². The smallest absolute Gasteiger partial charge is 0.257 e. The van der Waals surface area contributed by atoms with E-state index in [0.717, 1.165) is 5.56 Å². The predicted octanol–water partition coefficient (Wildman–Crippen LogP) is 5.16. The van der Waals surface area contributed by atoms with Gasteiger partial charge in [0.05, 0.1) is 10.9 Å². The second-order valence-corrected chi connectivity index (χ2v) is 6.41. The van der Waals surface area contributed by atoms with E-state index in [9.17, 15) is 14.0 Å². The van der Waals surface area contributed by atoms with Crippen molar-refractivity contribution < 1.29 is 13.6 Å². The normalized spacial score (nSPS) is 10.8. The molecule has 0 bridgehead atoms. The Morgan fingerprint density at radius 2 is 1.64 bits per heavy atom. The Labute approximate surface area is 160 Å². The van der Waals surface area contributed by atoms with Crippen LogP contribution in [0.25, 0.3) is 22.1 Å². The first-order valence-electron chi connectivity index (χ1n) is 8.73. The molecule has 0 saturated heterocycles. The summed E-state index contributed by atoms with van der Waals surface area (Å²) >= 11 is 0. The highest BCUT2D eigenvalue weighted by Gasteiger charge is 2.19. The number of halogens is 1. The molecule has 0 spiro atoms. The predicted molar refractivity (Wildman–Crippen MR) is 107 cm³/mol. The van der Waals surface area contributed by atoms with E-state index in [2.05, 4.69) is 5.32 Å². The lowest BCUT2D eigenvalue weighted by molar-refractivity contribution is 0.102. The van der Waals surface area contributed by atoms with Gasteiger partial charge in [-0.15, -0.1) is 0 Å². The summed E-state index contributed by atoms with van der Waals surface area (Å²) in [7, 11) is 0. The fourth-order valence-electron chi connectivity index (χ4n) is 3.09. The third-order valence-corrected chi connectivity index (χ3v) is 4.51. The molecule has 1 N–H and O–H groups in total. The summed E-state index contributed by atoms with van der Waals surface area (Å²) in [6.07, 6.45) is 0. The van der Waals surface area contributed by atoms with Crippen LogP contribution < -0.4 is 10.7 Å². The van der Waals surface area contributed by atoms with E-state index in [1.54, 1.807) is 36.4 Å². The minimum absolute atomic E-state index is 0.0623. The molecule has 1 heterocycles. The van der Waals surface area contributed by atoms with Gasteiger partial charge in [-0.05, 0) is 48.4 Å². The quantitative estimate of drug-likeness (QED) is 0.540. The van der Waals surface area contributed by atoms with Gasteiger partial charge in [0, 0.05) is 5.56 Å². The second-order valence-electron chi connectivity index (χ2n) is 6.41. The van der Waals surface area contributed by atoms with Crippen molar-refractivity contribution >= 4 is 22.8 Å². The number of fused-ring (bicyclic) bond motifs is 1. The second kappa shape index (κ2) is 7.12. The molecule has 138 valence electrons. The number of anilines is 1. The number of amides is 1. The monoisotopic (exact) mass is 373 g/mol. The maximum absolute atomic E-state index is 13.2. The van der Waals surface area contributed by atoms with Gasteiger partial charge in [0.1, 0.15) is 11.4 Å². The van der Waals surface area contributed by atoms with E-state index >= 15 is 0 Å². The number of benzene rings is 3. The Kier molecular flexibility index (Phi) is 4.49. The molecule has 5 heteroatoms. The number of hydrogen-bond donors (Lipinski definition) is 1. The molecular weight excluding hydrogens is 357 g/mol. The maximum Gasteiger partial charge on any atom is 0.257 e. The van der Waals surface area contributed by atoms with Gasteiger partial charge in [-0.2, -0.15) is 0 Å². The highest BCUT2D eigenvalue weighted by molar-refractivity contribution is 6.06. The fraction of sp³-hybridized carbons (Fsp3) is 0.0435. The van der Waals surface area contributed by atoms with Gasteiger partial charge in [0.15, 0.2) is 0 Å². The van der Waals surface area contributed by atoms with Gasteiger partial charge >= 0.3 is 0 Å². The largest absolute Gasteiger partial charge is 0.439 e. The summed E-state index contributed by atoms with van der Waals surface area (Å²) in [5, 5.41) is 3.12. The van der Waals surface area contributed by atoms with Gasteiger partial charge in [0.2, 0.25) is 11.3 Å². The molecule has 1 amide bonds. The Balaban J connectivity index is 1.90. The van der Waals surface area contributed by atoms with Crippen LogP contribution in [-0.2, 0) is 0 Å². The molecule has 4 nitrogen and oxygen atoms in total. The number of rotatable bonds is 3. The molecule has 0 aliphatic carbocycles. The number of carbonyl (C=O) groups excluding carboxylic acids is 1. The van der Waals surface area contributed by atoms with Crippen molar-refractivity contribution in [3.05, 3.63) is 100.0 Å². The van der Waals surface area contributed by atoms with Crippen molar-refractivity contribution in [2.45, 2.75) is 6.92 Å². The summed E-state index contributed by atoms with van der Waals surface area (Å²) in [4.78, 5) is 25.8. The minimum Gasteiger partial charge on any atom is -0.439 e. The van der Waals surface area contributed by atoms with E-state index in [1.165, 1.54) is 24.3 Å². The van der Waals surface area contributed by atoms with Crippen molar-refractivity contribution in [3.8, 4) is 11.1 Å². The molecule has 0 aliphatic heterocycles. The zero-order valence-electron chi connectivity index (χ0n) is 15.0. The van der Waals surface area contributed by atoms with Crippen molar-refractivity contribution in [1.82, 2.24) is 0 Å². The Hall–Kier alpha value is -3.73. The van der Waals surface area contributed by atoms with Crippen molar-refractivity contribution in [1.29, 1.82) is 0 Å². The fourth-order valence-corrected chi connectivity index (χ4v) is 3.09. The molecular formula is C23H16FNO3. The molecule has 4 aromatic rings. The molecule has 0 fully saturated rings. The van der Waals surface area contributed by atoms with Gasteiger partial charge < -0.3 is 4.42 Å². The van der Waals surface area contributed by atoms with Gasteiger partial charge in [0.25, 0.3) is 5.91 Å². The lowest BCUT2D eigenvalue weighted by atomic mass is 10.0. The summed E-state index contributed by atoms with van der Waals surface area (Å²) in [5.74, 6) is -0.866. The molecule has 0 unspecified atom stereocenters. The van der Waals surface area contributed by atoms with Crippen LogP contribution in [0, 0.1) is 12.7 Å². The third kappa shape index (κ3) is 3.18. The summed E-state index contributed by atoms with van der Waals surface area (Å²) in [5.41, 5.74) is 2.13. The Morgan fingerprint density at radius 1 is 0.929 bits per heavy atom. The number of hydrogen-bond acceptors (Lipinski definition) is 3. The van der Waals surface area contributed by atoms with Crippen molar-refractivity contribution in [2.75, 3.05) is 5.32 Å². The Bertz CT molecular complexity index is 1230. The molecule has 0 aliphatic rings. The van der Waals surface area contributed by atoms with Crippen LogP contribution in [-0.4, -0.2) is 5.91 Å². The van der Waals surface area contributed by atoms with Crippen LogP contribution in [0.2, 0.25) is 0 Å². The summed E-state index contributed by atoms with van der Waals surface area (Å²) in [6, 6.07) is 19.5. The van der Waals surface area contributed by atoms with Crippen LogP contribution >= 0.6 is 0 Å². The minimum atomic E-state index is -0.492. The maximum atomic E-state index is 13.2. The highest BCUT2D eigenvalue weighted by Crippen LogP contribution is 2.30. The van der Waals surface area contributed by atoms with Crippen molar-refractivity contribution in [3.63, 3.8) is 0 Å².